The second-order valence-corrected chi connectivity index (χ2v) is 6.02. The van der Waals surface area contributed by atoms with Crippen LogP contribution in [0.3, 0.4) is 0 Å². The first-order valence-corrected chi connectivity index (χ1v) is 7.39. The number of nitrogens with zero attached hydrogens (tertiary/aromatic N) is 1. The summed E-state index contributed by atoms with van der Waals surface area (Å²) >= 11 is 0. The molecule has 0 spiro atoms. The van der Waals surface area contributed by atoms with Gasteiger partial charge in [0, 0.05) is 28.9 Å². The van der Waals surface area contributed by atoms with Crippen LogP contribution in [0.2, 0.25) is 0 Å². The lowest BCUT2D eigenvalue weighted by Gasteiger charge is -2.05. The zero-order chi connectivity index (χ0) is 15.0. The Labute approximate surface area is 119 Å². The van der Waals surface area contributed by atoms with Crippen molar-refractivity contribution in [1.82, 2.24) is 15.2 Å². The van der Waals surface area contributed by atoms with Gasteiger partial charge in [0.05, 0.1) is 0 Å². The Bertz CT molecular complexity index is 953. The maximum absolute atomic E-state index is 12.4. The number of benzene rings is 1. The minimum absolute atomic E-state index is 0.0272. The van der Waals surface area contributed by atoms with Gasteiger partial charge in [-0.3, -0.25) is 9.52 Å². The number of nitrogen functional groups attached to an aromatic ring is 1. The van der Waals surface area contributed by atoms with Gasteiger partial charge in [0.15, 0.2) is 5.82 Å². The minimum Gasteiger partial charge on any atom is -0.399 e. The number of hydrogen-bond donors (Lipinski definition) is 4. The summed E-state index contributed by atoms with van der Waals surface area (Å²) in [4.78, 5) is 13.8. The van der Waals surface area contributed by atoms with Crippen LogP contribution in [-0.2, 0) is 10.0 Å². The van der Waals surface area contributed by atoms with Crippen LogP contribution in [0, 0.1) is 0 Å². The summed E-state index contributed by atoms with van der Waals surface area (Å²) < 4.78 is 27.0. The van der Waals surface area contributed by atoms with Crippen LogP contribution < -0.4 is 16.0 Å². The van der Waals surface area contributed by atoms with Crippen LogP contribution in [-0.4, -0.2) is 23.6 Å². The Morgan fingerprint density at radius 2 is 2.00 bits per heavy atom. The molecular formula is C12H11N5O3S. The first-order valence-electron chi connectivity index (χ1n) is 5.91. The molecule has 0 atom stereocenters. The van der Waals surface area contributed by atoms with Gasteiger partial charge in [0.25, 0.3) is 15.6 Å². The highest BCUT2D eigenvalue weighted by Crippen LogP contribution is 2.25. The Morgan fingerprint density at radius 3 is 2.71 bits per heavy atom. The number of nitrogens with two attached hydrogens (primary N) is 1. The highest BCUT2D eigenvalue weighted by Gasteiger charge is 2.19. The average Bonchev–Trinajstić information content (AvgIpc) is 2.85. The van der Waals surface area contributed by atoms with Crippen LogP contribution in [0.1, 0.15) is 0 Å². The molecule has 0 unspecified atom stereocenters. The van der Waals surface area contributed by atoms with Crippen LogP contribution in [0.4, 0.5) is 11.5 Å². The summed E-state index contributed by atoms with van der Waals surface area (Å²) in [5, 5.41) is 6.28. The van der Waals surface area contributed by atoms with Gasteiger partial charge in [-0.2, -0.15) is 5.10 Å². The van der Waals surface area contributed by atoms with E-state index < -0.39 is 15.6 Å². The standard InChI is InChI=1S/C12H11N5O3S/c13-7-1-2-8-9(5-7)14-6-10(8)21(19,20)17-11-3-4-12(18)16-15-11/h1-6,14H,13H2,(H,15,17)(H,16,18). The molecule has 1 aromatic carbocycles. The third kappa shape index (κ3) is 2.46. The number of aromatic amines is 2. The predicted molar refractivity (Wildman–Crippen MR) is 78.4 cm³/mol. The Morgan fingerprint density at radius 1 is 1.19 bits per heavy atom. The molecule has 0 bridgehead atoms. The number of sulfonamides is 1. The van der Waals surface area contributed by atoms with Gasteiger partial charge in [-0.15, -0.1) is 0 Å². The van der Waals surface area contributed by atoms with Gasteiger partial charge in [-0.25, -0.2) is 13.5 Å². The zero-order valence-corrected chi connectivity index (χ0v) is 11.4. The topological polar surface area (TPSA) is 134 Å². The molecule has 5 N–H and O–H groups in total. The number of H-pyrrole nitrogens is 2. The smallest absolute Gasteiger partial charge is 0.265 e. The SMILES string of the molecule is Nc1ccc2c(S(=O)(=O)Nc3ccc(=O)[nH]n3)c[nH]c2c1. The fourth-order valence-corrected chi connectivity index (χ4v) is 3.11. The molecule has 0 aliphatic rings. The molecular weight excluding hydrogens is 294 g/mol. The van der Waals surface area contributed by atoms with Crippen molar-refractivity contribution in [2.75, 3.05) is 10.5 Å². The predicted octanol–water partition coefficient (Wildman–Crippen LogP) is 0.634. The van der Waals surface area contributed by atoms with E-state index in [9.17, 15) is 13.2 Å². The van der Waals surface area contributed by atoms with E-state index in [-0.39, 0.29) is 10.7 Å². The quantitative estimate of drug-likeness (QED) is 0.527. The van der Waals surface area contributed by atoms with Crippen molar-refractivity contribution in [2.24, 2.45) is 0 Å². The maximum atomic E-state index is 12.4. The maximum Gasteiger partial charge on any atom is 0.265 e. The fraction of sp³-hybridized carbons (Fsp3) is 0. The average molecular weight is 305 g/mol. The molecule has 0 saturated heterocycles. The molecule has 0 radical (unpaired) electrons. The van der Waals surface area contributed by atoms with Gasteiger partial charge >= 0.3 is 0 Å². The monoisotopic (exact) mass is 305 g/mol. The van der Waals surface area contributed by atoms with E-state index in [1.165, 1.54) is 18.3 Å². The second-order valence-electron chi connectivity index (χ2n) is 4.37. The molecule has 2 aromatic heterocycles. The van der Waals surface area contributed by atoms with Crippen LogP contribution in [0.25, 0.3) is 10.9 Å². The van der Waals surface area contributed by atoms with Gasteiger partial charge in [0.1, 0.15) is 4.90 Å². The van der Waals surface area contributed by atoms with E-state index in [1.807, 2.05) is 0 Å². The van der Waals surface area contributed by atoms with Crippen molar-refractivity contribution < 1.29 is 8.42 Å². The van der Waals surface area contributed by atoms with E-state index in [0.29, 0.717) is 16.6 Å². The van der Waals surface area contributed by atoms with Crippen molar-refractivity contribution in [3.63, 3.8) is 0 Å². The minimum atomic E-state index is -3.83. The summed E-state index contributed by atoms with van der Waals surface area (Å²) in [6.07, 6.45) is 1.37. The van der Waals surface area contributed by atoms with E-state index >= 15 is 0 Å². The molecule has 0 fully saturated rings. The van der Waals surface area contributed by atoms with Crippen molar-refractivity contribution in [3.8, 4) is 0 Å². The van der Waals surface area contributed by atoms with E-state index in [2.05, 4.69) is 19.9 Å². The lowest BCUT2D eigenvalue weighted by atomic mass is 10.2. The van der Waals surface area contributed by atoms with E-state index in [1.54, 1.807) is 18.2 Å². The molecule has 8 nitrogen and oxygen atoms in total. The van der Waals surface area contributed by atoms with Crippen molar-refractivity contribution in [2.45, 2.75) is 4.90 Å². The first kappa shape index (κ1) is 13.2. The zero-order valence-electron chi connectivity index (χ0n) is 10.6. The summed E-state index contributed by atoms with van der Waals surface area (Å²) in [6, 6.07) is 7.35. The molecule has 9 heteroatoms. The molecule has 21 heavy (non-hydrogen) atoms. The van der Waals surface area contributed by atoms with Crippen LogP contribution >= 0.6 is 0 Å². The number of rotatable bonds is 3. The normalized spacial score (nSPS) is 11.6. The molecule has 3 rings (SSSR count). The third-order valence-electron chi connectivity index (χ3n) is 2.88. The van der Waals surface area contributed by atoms with Gasteiger partial charge in [0.2, 0.25) is 0 Å². The molecule has 2 heterocycles. The summed E-state index contributed by atoms with van der Waals surface area (Å²) in [6.45, 7) is 0. The molecule has 0 aliphatic heterocycles. The highest BCUT2D eigenvalue weighted by atomic mass is 32.2. The van der Waals surface area contributed by atoms with Crippen molar-refractivity contribution in [1.29, 1.82) is 0 Å². The molecule has 3 aromatic rings. The van der Waals surface area contributed by atoms with E-state index in [4.69, 9.17) is 5.73 Å². The van der Waals surface area contributed by atoms with Gasteiger partial charge < -0.3 is 10.7 Å². The Balaban J connectivity index is 2.04. The number of hydrogen-bond acceptors (Lipinski definition) is 5. The fourth-order valence-electron chi connectivity index (χ4n) is 1.93. The number of nitrogens with one attached hydrogen (secondary N) is 3. The largest absolute Gasteiger partial charge is 0.399 e. The highest BCUT2D eigenvalue weighted by molar-refractivity contribution is 7.93. The lowest BCUT2D eigenvalue weighted by Crippen LogP contribution is -2.16. The van der Waals surface area contributed by atoms with Gasteiger partial charge in [-0.05, 0) is 24.3 Å². The number of fused-ring (bicyclic) bond motifs is 1. The Hall–Kier alpha value is -2.81. The van der Waals surface area contributed by atoms with Crippen LogP contribution in [0.15, 0.2) is 46.2 Å². The molecule has 0 amide bonds. The number of anilines is 2. The van der Waals surface area contributed by atoms with E-state index in [0.717, 1.165) is 0 Å². The molecule has 0 aliphatic carbocycles. The Kier molecular flexibility index (Phi) is 2.91. The summed E-state index contributed by atoms with van der Waals surface area (Å²) in [5.41, 5.74) is 6.38. The molecule has 108 valence electrons. The lowest BCUT2D eigenvalue weighted by molar-refractivity contribution is 0.601. The first-order chi connectivity index (χ1) is 9.95. The van der Waals surface area contributed by atoms with Crippen molar-refractivity contribution in [3.05, 3.63) is 46.9 Å². The second kappa shape index (κ2) is 4.63. The van der Waals surface area contributed by atoms with Gasteiger partial charge in [-0.1, -0.05) is 0 Å². The van der Waals surface area contributed by atoms with Crippen molar-refractivity contribution >= 4 is 32.4 Å². The summed E-state index contributed by atoms with van der Waals surface area (Å²) in [7, 11) is -3.83. The van der Waals surface area contributed by atoms with Crippen LogP contribution in [0.5, 0.6) is 0 Å². The number of aromatic nitrogens is 3. The summed E-state index contributed by atoms with van der Waals surface area (Å²) in [5.74, 6) is 0.0272. The molecule has 0 saturated carbocycles. The third-order valence-corrected chi connectivity index (χ3v) is 4.27.